The highest BCUT2D eigenvalue weighted by Crippen LogP contribution is 2.33. The highest BCUT2D eigenvalue weighted by atomic mass is 16.6. The Morgan fingerprint density at radius 2 is 2.00 bits per heavy atom. The van der Waals surface area contributed by atoms with Gasteiger partial charge in [-0.05, 0) is 85.8 Å². The molecule has 0 aliphatic heterocycles. The van der Waals surface area contributed by atoms with Gasteiger partial charge < -0.3 is 9.84 Å². The van der Waals surface area contributed by atoms with E-state index in [9.17, 15) is 4.79 Å². The molecular weight excluding hydrogens is 392 g/mol. The van der Waals surface area contributed by atoms with Crippen LogP contribution in [0.2, 0.25) is 0 Å². The first-order chi connectivity index (χ1) is 15.2. The zero-order valence-electron chi connectivity index (χ0n) is 17.8. The summed E-state index contributed by atoms with van der Waals surface area (Å²) in [5.41, 5.74) is 9.21. The maximum Gasteiger partial charge on any atom is 0.341 e. The minimum Gasteiger partial charge on any atom is -0.482 e. The molecular formula is C25H30N2O4. The Kier molecular flexibility index (Phi) is 7.20. The highest BCUT2D eigenvalue weighted by molar-refractivity contribution is 5.68. The fourth-order valence-electron chi connectivity index (χ4n) is 4.57. The Labute approximate surface area is 183 Å². The number of hydrogen-bond donors (Lipinski definition) is 2. The summed E-state index contributed by atoms with van der Waals surface area (Å²) in [5.74, 6) is 0.141. The smallest absolute Gasteiger partial charge is 0.341 e. The summed E-state index contributed by atoms with van der Waals surface area (Å²) < 4.78 is 5.47. The van der Waals surface area contributed by atoms with Gasteiger partial charge in [0.15, 0.2) is 6.61 Å². The van der Waals surface area contributed by atoms with Crippen LogP contribution in [0.15, 0.2) is 48.3 Å². The van der Waals surface area contributed by atoms with Crippen molar-refractivity contribution in [2.75, 3.05) is 13.2 Å². The van der Waals surface area contributed by atoms with Crippen LogP contribution >= 0.6 is 0 Å². The number of carboxylic acids is 1. The van der Waals surface area contributed by atoms with Gasteiger partial charge in [0, 0.05) is 18.0 Å². The number of fused-ring (bicyclic) bond motifs is 1. The molecule has 6 nitrogen and oxygen atoms in total. The highest BCUT2D eigenvalue weighted by Gasteiger charge is 2.22. The first kappa shape index (κ1) is 21.4. The van der Waals surface area contributed by atoms with E-state index in [2.05, 4.69) is 22.6 Å². The number of aliphatic carboxylic acids is 1. The maximum absolute atomic E-state index is 10.8. The average molecular weight is 423 g/mol. The van der Waals surface area contributed by atoms with Crippen LogP contribution in [0.4, 0.5) is 0 Å². The van der Waals surface area contributed by atoms with Crippen LogP contribution < -0.4 is 10.2 Å². The third-order valence-corrected chi connectivity index (χ3v) is 6.15. The van der Waals surface area contributed by atoms with Crippen LogP contribution in [0.25, 0.3) is 5.70 Å². The Morgan fingerprint density at radius 3 is 2.77 bits per heavy atom. The Morgan fingerprint density at radius 1 is 1.13 bits per heavy atom. The van der Waals surface area contributed by atoms with E-state index in [0.29, 0.717) is 18.3 Å². The predicted molar refractivity (Wildman–Crippen MR) is 118 cm³/mol. The molecule has 2 aliphatic carbocycles. The minimum atomic E-state index is -0.956. The summed E-state index contributed by atoms with van der Waals surface area (Å²) >= 11 is 0. The lowest BCUT2D eigenvalue weighted by Crippen LogP contribution is -2.25. The Balaban J connectivity index is 1.37. The third kappa shape index (κ3) is 5.64. The molecule has 1 aromatic heterocycles. The molecule has 6 heteroatoms. The van der Waals surface area contributed by atoms with Gasteiger partial charge in [0.25, 0.3) is 0 Å². The average Bonchev–Trinajstić information content (AvgIpc) is 2.81. The van der Waals surface area contributed by atoms with Crippen LogP contribution in [0, 0.1) is 5.92 Å². The number of hydroxylamine groups is 1. The van der Waals surface area contributed by atoms with Crippen LogP contribution in [-0.4, -0.2) is 29.3 Å². The maximum atomic E-state index is 10.8. The predicted octanol–water partition coefficient (Wildman–Crippen LogP) is 4.55. The van der Waals surface area contributed by atoms with Gasteiger partial charge in [0.2, 0.25) is 0 Å². The van der Waals surface area contributed by atoms with Gasteiger partial charge in [-0.2, -0.15) is 0 Å². The molecule has 1 fully saturated rings. The number of ether oxygens (including phenoxy) is 1. The molecule has 1 saturated carbocycles. The van der Waals surface area contributed by atoms with E-state index in [0.717, 1.165) is 48.9 Å². The Bertz CT molecular complexity index is 918. The number of nitrogens with zero attached hydrogens (tertiary/aromatic N) is 1. The van der Waals surface area contributed by atoms with Crippen LogP contribution in [-0.2, 0) is 22.5 Å². The summed E-state index contributed by atoms with van der Waals surface area (Å²) in [5, 5.41) is 8.88. The fraction of sp³-hybridized carbons (Fsp3) is 0.440. The SMILES string of the molecule is O=C(O)COc1cccc2c1CCC(CONC(=C1CCCCC1)c1cccnc1)C2. The summed E-state index contributed by atoms with van der Waals surface area (Å²) in [6.45, 7) is 0.315. The van der Waals surface area contributed by atoms with Crippen LogP contribution in [0.5, 0.6) is 5.75 Å². The zero-order chi connectivity index (χ0) is 21.5. The lowest BCUT2D eigenvalue weighted by Gasteiger charge is -2.27. The molecule has 0 amide bonds. The number of aromatic nitrogens is 1. The summed E-state index contributed by atoms with van der Waals surface area (Å²) in [6, 6.07) is 9.94. The number of nitrogens with one attached hydrogen (secondary N) is 1. The molecule has 164 valence electrons. The van der Waals surface area contributed by atoms with Gasteiger partial charge in [0.1, 0.15) is 5.75 Å². The first-order valence-electron chi connectivity index (χ1n) is 11.2. The number of carboxylic acid groups (broad SMARTS) is 1. The molecule has 1 aromatic carbocycles. The number of allylic oxidation sites excluding steroid dienone is 1. The third-order valence-electron chi connectivity index (χ3n) is 6.15. The van der Waals surface area contributed by atoms with Crippen molar-refractivity contribution in [3.8, 4) is 5.75 Å². The van der Waals surface area contributed by atoms with E-state index in [1.807, 2.05) is 24.4 Å². The van der Waals surface area contributed by atoms with E-state index in [-0.39, 0.29) is 6.61 Å². The zero-order valence-corrected chi connectivity index (χ0v) is 17.8. The molecule has 1 heterocycles. The van der Waals surface area contributed by atoms with Gasteiger partial charge in [-0.25, -0.2) is 4.79 Å². The van der Waals surface area contributed by atoms with Crippen LogP contribution in [0.1, 0.15) is 55.2 Å². The second-order valence-electron chi connectivity index (χ2n) is 8.38. The second kappa shape index (κ2) is 10.4. The minimum absolute atomic E-state index is 0.307. The van der Waals surface area contributed by atoms with Gasteiger partial charge >= 0.3 is 5.97 Å². The quantitative estimate of drug-likeness (QED) is 0.608. The normalized spacial score (nSPS) is 18.2. The summed E-state index contributed by atoms with van der Waals surface area (Å²) in [6.07, 6.45) is 12.4. The van der Waals surface area contributed by atoms with Gasteiger partial charge in [0.05, 0.1) is 12.3 Å². The topological polar surface area (TPSA) is 80.7 Å². The van der Waals surface area contributed by atoms with Gasteiger partial charge in [-0.15, -0.1) is 0 Å². The van der Waals surface area contributed by atoms with Gasteiger partial charge in [-0.3, -0.25) is 15.3 Å². The van der Waals surface area contributed by atoms with Crippen molar-refractivity contribution in [2.24, 2.45) is 5.92 Å². The molecule has 0 bridgehead atoms. The molecule has 1 unspecified atom stereocenters. The van der Waals surface area contributed by atoms with Crippen molar-refractivity contribution in [1.29, 1.82) is 0 Å². The number of carbonyl (C=O) groups is 1. The van der Waals surface area contributed by atoms with Crippen molar-refractivity contribution >= 4 is 11.7 Å². The molecule has 4 rings (SSSR count). The van der Waals surface area contributed by atoms with Crippen LogP contribution in [0.3, 0.4) is 0 Å². The van der Waals surface area contributed by atoms with Crippen molar-refractivity contribution in [2.45, 2.75) is 51.4 Å². The lowest BCUT2D eigenvalue weighted by molar-refractivity contribution is -0.139. The molecule has 31 heavy (non-hydrogen) atoms. The molecule has 0 radical (unpaired) electrons. The molecule has 2 N–H and O–H groups in total. The van der Waals surface area contributed by atoms with E-state index < -0.39 is 5.97 Å². The van der Waals surface area contributed by atoms with E-state index >= 15 is 0 Å². The number of pyridine rings is 1. The molecule has 0 spiro atoms. The van der Waals surface area contributed by atoms with E-state index in [1.54, 1.807) is 6.20 Å². The standard InChI is InChI=1S/C25H30N2O4/c28-24(29)17-30-23-10-4-8-20-14-18(11-12-22(20)23)16-31-27-25(19-6-2-1-3-7-19)21-9-5-13-26-15-21/h4-5,8-10,13,15,18,27H,1-3,6-7,11-12,14,16-17H2,(H,28,29). The van der Waals surface area contributed by atoms with Gasteiger partial charge in [-0.1, -0.05) is 18.6 Å². The van der Waals surface area contributed by atoms with Crippen molar-refractivity contribution in [3.05, 3.63) is 65.0 Å². The molecule has 2 aromatic rings. The first-order valence-corrected chi connectivity index (χ1v) is 11.2. The summed E-state index contributed by atoms with van der Waals surface area (Å²) in [4.78, 5) is 21.1. The second-order valence-corrected chi connectivity index (χ2v) is 8.38. The number of hydrogen-bond acceptors (Lipinski definition) is 5. The van der Waals surface area contributed by atoms with Crippen molar-refractivity contribution in [3.63, 3.8) is 0 Å². The number of rotatable bonds is 8. The Hall–Kier alpha value is -2.86. The van der Waals surface area contributed by atoms with Crippen molar-refractivity contribution in [1.82, 2.24) is 10.5 Å². The molecule has 2 aliphatic rings. The lowest BCUT2D eigenvalue weighted by atomic mass is 9.84. The van der Waals surface area contributed by atoms with E-state index in [1.165, 1.54) is 30.4 Å². The molecule has 0 saturated heterocycles. The fourth-order valence-corrected chi connectivity index (χ4v) is 4.57. The molecule has 1 atom stereocenters. The number of benzene rings is 1. The largest absolute Gasteiger partial charge is 0.482 e. The van der Waals surface area contributed by atoms with Crippen molar-refractivity contribution < 1.29 is 19.5 Å². The summed E-state index contributed by atoms with van der Waals surface area (Å²) in [7, 11) is 0. The van der Waals surface area contributed by atoms with E-state index in [4.69, 9.17) is 14.7 Å². The monoisotopic (exact) mass is 422 g/mol.